The molecule has 1 aliphatic carbocycles. The highest BCUT2D eigenvalue weighted by atomic mass is 127. The normalized spacial score (nSPS) is 17.8. The number of amides is 4. The van der Waals surface area contributed by atoms with Crippen molar-refractivity contribution in [1.29, 1.82) is 0 Å². The molecule has 0 unspecified atom stereocenters. The average molecular weight is 629 g/mol. The number of urea groups is 1. The largest absolute Gasteiger partial charge is 0.490 e. The van der Waals surface area contributed by atoms with Crippen molar-refractivity contribution >= 4 is 69.7 Å². The number of hydrogen-bond acceptors (Lipinski definition) is 5. The maximum atomic E-state index is 13.1. The Balaban J connectivity index is 1.62. The molecule has 0 radical (unpaired) electrons. The van der Waals surface area contributed by atoms with Crippen LogP contribution in [0.25, 0.3) is 6.08 Å². The van der Waals surface area contributed by atoms with Crippen molar-refractivity contribution in [3.05, 3.63) is 60.6 Å². The second-order valence-corrected chi connectivity index (χ2v) is 10.2. The Kier molecular flexibility index (Phi) is 8.23. The summed E-state index contributed by atoms with van der Waals surface area (Å²) in [5, 5.41) is 3.21. The number of imide groups is 2. The molecule has 0 aromatic heterocycles. The smallest absolute Gasteiger partial charge is 0.331 e. The molecule has 0 spiro atoms. The minimum atomic E-state index is -0.706. The van der Waals surface area contributed by atoms with Crippen LogP contribution in [0.1, 0.15) is 43.7 Å². The summed E-state index contributed by atoms with van der Waals surface area (Å²) in [7, 11) is 0. The van der Waals surface area contributed by atoms with Crippen LogP contribution in [0.5, 0.6) is 11.5 Å². The van der Waals surface area contributed by atoms with E-state index in [1.807, 2.05) is 13.0 Å². The Morgan fingerprint density at radius 3 is 2.51 bits per heavy atom. The molecule has 2 aromatic rings. The number of hydrogen-bond donors (Lipinski definition) is 1. The fourth-order valence-electron chi connectivity index (χ4n) is 4.19. The van der Waals surface area contributed by atoms with Gasteiger partial charge in [0.2, 0.25) is 0 Å². The summed E-state index contributed by atoms with van der Waals surface area (Å²) >= 11 is 14.2. The maximum Gasteiger partial charge on any atom is 0.331 e. The summed E-state index contributed by atoms with van der Waals surface area (Å²) < 4.78 is 12.6. The van der Waals surface area contributed by atoms with Gasteiger partial charge in [0, 0.05) is 6.04 Å². The summed E-state index contributed by atoms with van der Waals surface area (Å²) in [4.78, 5) is 39.2. The number of benzene rings is 2. The molecule has 1 N–H and O–H groups in total. The summed E-state index contributed by atoms with van der Waals surface area (Å²) in [6, 6.07) is 7.93. The molecule has 4 amide bonds. The molecule has 0 atom stereocenters. The van der Waals surface area contributed by atoms with Crippen molar-refractivity contribution in [2.24, 2.45) is 0 Å². The first-order valence-corrected chi connectivity index (χ1v) is 13.1. The van der Waals surface area contributed by atoms with Crippen LogP contribution in [-0.4, -0.2) is 35.4 Å². The lowest BCUT2D eigenvalue weighted by molar-refractivity contribution is -0.131. The first-order chi connectivity index (χ1) is 16.8. The van der Waals surface area contributed by atoms with Gasteiger partial charge in [0.25, 0.3) is 11.8 Å². The van der Waals surface area contributed by atoms with Crippen LogP contribution in [0.4, 0.5) is 4.79 Å². The molecule has 184 valence electrons. The molecule has 1 aliphatic heterocycles. The second-order valence-electron chi connectivity index (χ2n) is 8.23. The van der Waals surface area contributed by atoms with Crippen LogP contribution < -0.4 is 14.8 Å². The van der Waals surface area contributed by atoms with Crippen LogP contribution in [0.3, 0.4) is 0 Å². The fraction of sp³-hybridized carbons (Fsp3) is 0.320. The van der Waals surface area contributed by atoms with Gasteiger partial charge < -0.3 is 9.47 Å². The van der Waals surface area contributed by atoms with Crippen LogP contribution in [0.2, 0.25) is 10.0 Å². The van der Waals surface area contributed by atoms with E-state index < -0.39 is 17.8 Å². The number of nitrogens with zero attached hydrogens (tertiary/aromatic N) is 1. The monoisotopic (exact) mass is 628 g/mol. The molecular weight excluding hydrogens is 606 g/mol. The molecule has 0 bridgehead atoms. The van der Waals surface area contributed by atoms with E-state index in [0.717, 1.165) is 34.8 Å². The molecule has 10 heteroatoms. The van der Waals surface area contributed by atoms with Crippen LogP contribution >= 0.6 is 45.8 Å². The molecule has 1 heterocycles. The highest BCUT2D eigenvalue weighted by Gasteiger charge is 2.40. The summed E-state index contributed by atoms with van der Waals surface area (Å²) in [5.74, 6) is -0.276. The van der Waals surface area contributed by atoms with Crippen molar-refractivity contribution in [3.63, 3.8) is 0 Å². The molecule has 1 saturated carbocycles. The number of ether oxygens (including phenoxy) is 2. The molecule has 1 saturated heterocycles. The van der Waals surface area contributed by atoms with Crippen molar-refractivity contribution in [1.82, 2.24) is 10.2 Å². The lowest BCUT2D eigenvalue weighted by Crippen LogP contribution is -2.57. The van der Waals surface area contributed by atoms with Gasteiger partial charge in [-0.3, -0.25) is 19.8 Å². The fourth-order valence-corrected chi connectivity index (χ4v) is 5.29. The quantitative estimate of drug-likeness (QED) is 0.232. The zero-order valence-corrected chi connectivity index (χ0v) is 22.6. The topological polar surface area (TPSA) is 84.9 Å². The van der Waals surface area contributed by atoms with E-state index in [9.17, 15) is 14.4 Å². The third kappa shape index (κ3) is 5.76. The van der Waals surface area contributed by atoms with Crippen LogP contribution in [0.15, 0.2) is 35.9 Å². The van der Waals surface area contributed by atoms with Gasteiger partial charge >= 0.3 is 6.03 Å². The minimum absolute atomic E-state index is 0.0841. The molecule has 2 fully saturated rings. The van der Waals surface area contributed by atoms with Crippen molar-refractivity contribution in [2.45, 2.75) is 45.3 Å². The van der Waals surface area contributed by atoms with E-state index in [0.29, 0.717) is 33.7 Å². The highest BCUT2D eigenvalue weighted by molar-refractivity contribution is 14.1. The predicted octanol–water partition coefficient (Wildman–Crippen LogP) is 5.98. The highest BCUT2D eigenvalue weighted by Crippen LogP contribution is 2.36. The number of carbonyl (C=O) groups excluding carboxylic acids is 3. The van der Waals surface area contributed by atoms with E-state index in [2.05, 4.69) is 27.9 Å². The Morgan fingerprint density at radius 1 is 1.09 bits per heavy atom. The summed E-state index contributed by atoms with van der Waals surface area (Å²) in [5.41, 5.74) is 1.34. The van der Waals surface area contributed by atoms with Gasteiger partial charge in [0.15, 0.2) is 11.5 Å². The van der Waals surface area contributed by atoms with Gasteiger partial charge in [0.05, 0.1) is 20.2 Å². The van der Waals surface area contributed by atoms with E-state index in [1.54, 1.807) is 24.3 Å². The first-order valence-electron chi connectivity index (χ1n) is 11.2. The zero-order chi connectivity index (χ0) is 25.1. The van der Waals surface area contributed by atoms with E-state index in [-0.39, 0.29) is 18.2 Å². The molecule has 2 aromatic carbocycles. The van der Waals surface area contributed by atoms with Crippen LogP contribution in [-0.2, 0) is 16.2 Å². The molecule has 4 rings (SSSR count). The Morgan fingerprint density at radius 2 is 1.83 bits per heavy atom. The van der Waals surface area contributed by atoms with Gasteiger partial charge in [-0.1, -0.05) is 42.1 Å². The van der Waals surface area contributed by atoms with E-state index in [4.69, 9.17) is 32.7 Å². The first kappa shape index (κ1) is 25.8. The van der Waals surface area contributed by atoms with Gasteiger partial charge in [0.1, 0.15) is 12.2 Å². The zero-order valence-electron chi connectivity index (χ0n) is 18.9. The second kappa shape index (κ2) is 11.2. The lowest BCUT2D eigenvalue weighted by atomic mass is 10.0. The standard InChI is InChI=1S/C25H23Cl2IN2O5/c1-2-34-21-12-15(11-20(28)22(21)35-13-14-7-8-18(26)19(27)10-14)9-17-23(31)29-25(33)30(24(17)32)16-5-3-4-6-16/h7-12,16H,2-6,13H2,1H3,(H,29,31,33)/b17-9+. The molecule has 35 heavy (non-hydrogen) atoms. The lowest BCUT2D eigenvalue weighted by Gasteiger charge is -2.31. The Labute approximate surface area is 226 Å². The molecule has 7 nitrogen and oxygen atoms in total. The summed E-state index contributed by atoms with van der Waals surface area (Å²) in [6.07, 6.45) is 4.89. The van der Waals surface area contributed by atoms with Gasteiger partial charge in [-0.05, 0) is 83.8 Å². The van der Waals surface area contributed by atoms with E-state index in [1.165, 1.54) is 11.0 Å². The predicted molar refractivity (Wildman–Crippen MR) is 142 cm³/mol. The van der Waals surface area contributed by atoms with Gasteiger partial charge in [-0.25, -0.2) is 4.79 Å². The van der Waals surface area contributed by atoms with Gasteiger partial charge in [-0.2, -0.15) is 0 Å². The minimum Gasteiger partial charge on any atom is -0.490 e. The SMILES string of the molecule is CCOc1cc(/C=C2\C(=O)NC(=O)N(C3CCCC3)C2=O)cc(I)c1OCc1ccc(Cl)c(Cl)c1. The third-order valence-corrected chi connectivity index (χ3v) is 7.37. The molecule has 2 aliphatic rings. The van der Waals surface area contributed by atoms with E-state index >= 15 is 0 Å². The average Bonchev–Trinajstić information content (AvgIpc) is 3.33. The Bertz CT molecular complexity index is 1210. The van der Waals surface area contributed by atoms with Crippen molar-refractivity contribution < 1.29 is 23.9 Å². The number of nitrogens with one attached hydrogen (secondary N) is 1. The number of barbiturate groups is 1. The number of halogens is 3. The number of carbonyl (C=O) groups is 3. The summed E-state index contributed by atoms with van der Waals surface area (Å²) in [6.45, 7) is 2.49. The number of rotatable bonds is 7. The van der Waals surface area contributed by atoms with Crippen LogP contribution in [0, 0.1) is 3.57 Å². The third-order valence-electron chi connectivity index (χ3n) is 5.83. The molecular formula is C25H23Cl2IN2O5. The maximum absolute atomic E-state index is 13.1. The van der Waals surface area contributed by atoms with Crippen molar-refractivity contribution in [2.75, 3.05) is 6.61 Å². The Hall–Kier alpha value is -2.30. The van der Waals surface area contributed by atoms with Crippen molar-refractivity contribution in [3.8, 4) is 11.5 Å². The van der Waals surface area contributed by atoms with Gasteiger partial charge in [-0.15, -0.1) is 0 Å².